The second kappa shape index (κ2) is 22.0. The van der Waals surface area contributed by atoms with Gasteiger partial charge in [-0.15, -0.1) is 0 Å². The van der Waals surface area contributed by atoms with Crippen LogP contribution in [0.5, 0.6) is 0 Å². The van der Waals surface area contributed by atoms with Crippen LogP contribution in [0.4, 0.5) is 0 Å². The average Bonchev–Trinajstić information content (AvgIpc) is 3.03. The molecule has 0 bridgehead atoms. The molecule has 0 aromatic heterocycles. The molecule has 1 fully saturated rings. The minimum atomic E-state index is -1.88. The maximum atomic E-state index is 13.6. The van der Waals surface area contributed by atoms with E-state index in [9.17, 15) is 58.5 Å². The van der Waals surface area contributed by atoms with E-state index in [0.717, 1.165) is 0 Å². The van der Waals surface area contributed by atoms with Gasteiger partial charge in [-0.25, -0.2) is 0 Å². The second-order valence-electron chi connectivity index (χ2n) is 12.0. The summed E-state index contributed by atoms with van der Waals surface area (Å²) >= 11 is 0. The number of carbonyl (C=O) groups excluding carboxylic acids is 6. The van der Waals surface area contributed by atoms with Crippen molar-refractivity contribution >= 4 is 53.4 Å². The summed E-state index contributed by atoms with van der Waals surface area (Å²) in [4.78, 5) is 116. The molecule has 1 heterocycles. The Morgan fingerprint density at radius 3 is 1.16 bits per heavy atom. The van der Waals surface area contributed by atoms with E-state index >= 15 is 0 Å². The summed E-state index contributed by atoms with van der Waals surface area (Å²) in [6.07, 6.45) is -1.39. The molecule has 0 aromatic carbocycles. The first-order valence-corrected chi connectivity index (χ1v) is 16.4. The van der Waals surface area contributed by atoms with E-state index in [-0.39, 0.29) is 32.4 Å². The zero-order valence-electron chi connectivity index (χ0n) is 28.2. The molecule has 20 heteroatoms. The molecule has 0 aromatic rings. The number of carboxylic acid groups (broad SMARTS) is 3. The van der Waals surface area contributed by atoms with E-state index in [1.165, 1.54) is 0 Å². The van der Waals surface area contributed by atoms with E-state index in [4.69, 9.17) is 11.5 Å². The Labute approximate surface area is 288 Å². The molecular formula is C30H50N8O12. The van der Waals surface area contributed by atoms with Crippen molar-refractivity contribution in [3.05, 3.63) is 0 Å². The number of hydrogen-bond donors (Lipinski definition) is 11. The summed E-state index contributed by atoms with van der Waals surface area (Å²) in [7, 11) is 0. The molecule has 0 spiro atoms. The molecule has 1 saturated heterocycles. The Bertz CT molecular complexity index is 1250. The van der Waals surface area contributed by atoms with Gasteiger partial charge < -0.3 is 58.7 Å². The third-order valence-corrected chi connectivity index (χ3v) is 7.99. The fourth-order valence-electron chi connectivity index (χ4n) is 4.98. The van der Waals surface area contributed by atoms with Crippen molar-refractivity contribution in [1.82, 2.24) is 31.9 Å². The Morgan fingerprint density at radius 1 is 0.540 bits per heavy atom. The van der Waals surface area contributed by atoms with Crippen LogP contribution >= 0.6 is 0 Å². The highest BCUT2D eigenvalue weighted by Gasteiger charge is 2.37. The Hall–Kier alpha value is -4.85. The molecule has 1 aliphatic rings. The maximum absolute atomic E-state index is 13.6. The van der Waals surface area contributed by atoms with Gasteiger partial charge in [0.15, 0.2) is 0 Å². The number of nitrogens with one attached hydrogen (secondary N) is 6. The van der Waals surface area contributed by atoms with Gasteiger partial charge in [0.2, 0.25) is 35.4 Å². The fraction of sp³-hybridized carbons (Fsp3) is 0.700. The third-order valence-electron chi connectivity index (χ3n) is 7.99. The van der Waals surface area contributed by atoms with Crippen molar-refractivity contribution in [3.8, 4) is 0 Å². The monoisotopic (exact) mass is 714 g/mol. The van der Waals surface area contributed by atoms with Gasteiger partial charge in [0.25, 0.3) is 0 Å². The van der Waals surface area contributed by atoms with Crippen LogP contribution in [0.3, 0.4) is 0 Å². The first-order valence-electron chi connectivity index (χ1n) is 16.4. The van der Waals surface area contributed by atoms with Crippen molar-refractivity contribution in [2.24, 2.45) is 17.4 Å². The normalized spacial score (nSPS) is 25.0. The lowest BCUT2D eigenvalue weighted by molar-refractivity contribution is -0.144. The van der Waals surface area contributed by atoms with Crippen molar-refractivity contribution in [2.45, 2.75) is 114 Å². The van der Waals surface area contributed by atoms with Crippen LogP contribution in [0.25, 0.3) is 0 Å². The molecule has 13 N–H and O–H groups in total. The lowest BCUT2D eigenvalue weighted by Gasteiger charge is -2.30. The molecule has 7 atom stereocenters. The Morgan fingerprint density at radius 2 is 0.840 bits per heavy atom. The molecule has 1 aliphatic heterocycles. The van der Waals surface area contributed by atoms with E-state index in [1.54, 1.807) is 13.8 Å². The molecule has 20 nitrogen and oxygen atoms in total. The van der Waals surface area contributed by atoms with Gasteiger partial charge in [0.1, 0.15) is 36.3 Å². The van der Waals surface area contributed by atoms with Gasteiger partial charge in [-0.1, -0.05) is 20.3 Å². The molecule has 50 heavy (non-hydrogen) atoms. The van der Waals surface area contributed by atoms with Gasteiger partial charge in [0.05, 0.1) is 19.3 Å². The maximum Gasteiger partial charge on any atom is 0.305 e. The van der Waals surface area contributed by atoms with E-state index in [1.807, 2.05) is 0 Å². The standard InChI is InChI=1S/C30H50N8O12/c1-3-15(2)24-30(50)37-20(14-23(43)44)29(49)36-19(13-22(41)42)28(48)33-16(8-4-6-10-31)25(45)35-18(12-21(39)40)27(47)34-17(26(46)38-24)9-5-7-11-32/h15-20,24H,3-14,31-32H2,1-2H3,(H,33,48)(H,34,47)(H,35,45)(H,36,49)(H,37,50)(H,38,46)(H,39,40)(H,41,42)(H,43,44)/t15-,16-,17-,18-,19-,20-,24-/m0/s1. The second-order valence-corrected chi connectivity index (χ2v) is 12.0. The first kappa shape index (κ1) is 43.2. The number of rotatable bonds is 16. The number of carboxylic acids is 3. The van der Waals surface area contributed by atoms with Gasteiger partial charge >= 0.3 is 17.9 Å². The number of carbonyl (C=O) groups is 9. The largest absolute Gasteiger partial charge is 0.481 e. The summed E-state index contributed by atoms with van der Waals surface area (Å²) < 4.78 is 0. The topological polar surface area (TPSA) is 339 Å². The van der Waals surface area contributed by atoms with Crippen molar-refractivity contribution in [1.29, 1.82) is 0 Å². The summed E-state index contributed by atoms with van der Waals surface area (Å²) in [5.41, 5.74) is 11.1. The molecule has 0 radical (unpaired) electrons. The van der Waals surface area contributed by atoms with E-state index < -0.39 is 115 Å². The van der Waals surface area contributed by atoms with Gasteiger partial charge in [0, 0.05) is 0 Å². The summed E-state index contributed by atoms with van der Waals surface area (Å²) in [6.45, 7) is 3.72. The van der Waals surface area contributed by atoms with Crippen LogP contribution in [-0.4, -0.2) is 118 Å². The summed E-state index contributed by atoms with van der Waals surface area (Å²) in [5, 5.41) is 42.4. The molecule has 1 rings (SSSR count). The van der Waals surface area contributed by atoms with Gasteiger partial charge in [-0.3, -0.25) is 43.2 Å². The summed E-state index contributed by atoms with van der Waals surface area (Å²) in [5.74, 6) is -11.6. The number of hydrogen-bond acceptors (Lipinski definition) is 11. The zero-order valence-corrected chi connectivity index (χ0v) is 28.2. The molecular weight excluding hydrogens is 664 g/mol. The van der Waals surface area contributed by atoms with E-state index in [2.05, 4.69) is 31.9 Å². The van der Waals surface area contributed by atoms with Crippen molar-refractivity contribution < 1.29 is 58.5 Å². The van der Waals surface area contributed by atoms with Crippen LogP contribution in [0, 0.1) is 5.92 Å². The van der Waals surface area contributed by atoms with E-state index in [0.29, 0.717) is 25.7 Å². The quantitative estimate of drug-likeness (QED) is 0.0696. The number of aliphatic carboxylic acids is 3. The van der Waals surface area contributed by atoms with Crippen LogP contribution in [0.15, 0.2) is 0 Å². The van der Waals surface area contributed by atoms with Crippen LogP contribution < -0.4 is 43.4 Å². The SMILES string of the molecule is CC[C@H](C)[C@@H]1NC(=O)[C@H](CCCCN)NC(=O)[C@H](CC(=O)O)NC(=O)[C@H](CCCCN)NC(=O)[C@H](CC(=O)O)NC(=O)[C@H](CC(=O)O)NC1=O. The van der Waals surface area contributed by atoms with Crippen LogP contribution in [0.1, 0.15) is 78.1 Å². The fourth-order valence-corrected chi connectivity index (χ4v) is 4.98. The van der Waals surface area contributed by atoms with Gasteiger partial charge in [-0.05, 0) is 57.5 Å². The highest BCUT2D eigenvalue weighted by atomic mass is 16.4. The zero-order chi connectivity index (χ0) is 38.0. The number of nitrogens with two attached hydrogens (primary N) is 2. The number of amides is 6. The van der Waals surface area contributed by atoms with Crippen LogP contribution in [0.2, 0.25) is 0 Å². The number of unbranched alkanes of at least 4 members (excludes halogenated alkanes) is 2. The molecule has 282 valence electrons. The first-order chi connectivity index (χ1) is 23.5. The van der Waals surface area contributed by atoms with Gasteiger partial charge in [-0.2, -0.15) is 0 Å². The molecule has 6 amide bonds. The highest BCUT2D eigenvalue weighted by Crippen LogP contribution is 2.12. The average molecular weight is 715 g/mol. The molecule has 0 aliphatic carbocycles. The Balaban J connectivity index is 3.80. The van der Waals surface area contributed by atoms with Crippen molar-refractivity contribution in [2.75, 3.05) is 13.1 Å². The lowest BCUT2D eigenvalue weighted by atomic mass is 9.96. The minimum Gasteiger partial charge on any atom is -0.481 e. The van der Waals surface area contributed by atoms with Crippen LogP contribution in [-0.2, 0) is 43.2 Å². The highest BCUT2D eigenvalue weighted by molar-refractivity contribution is 6.00. The lowest BCUT2D eigenvalue weighted by Crippen LogP contribution is -2.62. The molecule has 0 saturated carbocycles. The van der Waals surface area contributed by atoms with Crippen molar-refractivity contribution in [3.63, 3.8) is 0 Å². The minimum absolute atomic E-state index is 0.00978. The predicted octanol–water partition coefficient (Wildman–Crippen LogP) is -3.36. The third kappa shape index (κ3) is 15.1. The summed E-state index contributed by atoms with van der Waals surface area (Å²) in [6, 6.07) is -9.69. The molecule has 0 unspecified atom stereocenters. The predicted molar refractivity (Wildman–Crippen MR) is 174 cm³/mol. The Kier molecular flexibility index (Phi) is 19.0. The smallest absolute Gasteiger partial charge is 0.305 e.